The van der Waals surface area contributed by atoms with Crippen LogP contribution in [0.5, 0.6) is 0 Å². The number of aromatic nitrogens is 3. The van der Waals surface area contributed by atoms with Crippen molar-refractivity contribution in [3.05, 3.63) is 70.9 Å². The Kier molecular flexibility index (Phi) is 4.71. The van der Waals surface area contributed by atoms with Crippen molar-refractivity contribution in [1.29, 1.82) is 0 Å². The van der Waals surface area contributed by atoms with E-state index in [4.69, 9.17) is 4.42 Å². The monoisotopic (exact) mass is 418 g/mol. The van der Waals surface area contributed by atoms with Crippen molar-refractivity contribution in [1.82, 2.24) is 14.8 Å². The summed E-state index contributed by atoms with van der Waals surface area (Å²) >= 11 is 1.31. The van der Waals surface area contributed by atoms with E-state index >= 15 is 0 Å². The number of amides is 1. The summed E-state index contributed by atoms with van der Waals surface area (Å²) in [6.45, 7) is 1.76. The molecule has 1 N–H and O–H groups in total. The Balaban J connectivity index is 1.58. The highest BCUT2D eigenvalue weighted by Crippen LogP contribution is 2.30. The lowest BCUT2D eigenvalue weighted by atomic mass is 10.1. The van der Waals surface area contributed by atoms with E-state index in [9.17, 15) is 18.0 Å². The van der Waals surface area contributed by atoms with Gasteiger partial charge in [0.15, 0.2) is 5.76 Å². The fourth-order valence-electron chi connectivity index (χ4n) is 2.63. The van der Waals surface area contributed by atoms with Gasteiger partial charge in [0, 0.05) is 17.0 Å². The van der Waals surface area contributed by atoms with Crippen LogP contribution in [0.2, 0.25) is 0 Å². The van der Waals surface area contributed by atoms with Crippen LogP contribution in [-0.4, -0.2) is 20.7 Å². The number of benzene rings is 1. The Hall–Kier alpha value is -3.40. The average molecular weight is 418 g/mol. The molecule has 3 heterocycles. The maximum Gasteiger partial charge on any atom is 0.416 e. The van der Waals surface area contributed by atoms with Gasteiger partial charge < -0.3 is 9.73 Å². The molecular weight excluding hydrogens is 405 g/mol. The molecule has 1 amide bonds. The predicted octanol–water partition coefficient (Wildman–Crippen LogP) is 5.17. The van der Waals surface area contributed by atoms with Crippen molar-refractivity contribution in [2.75, 3.05) is 5.32 Å². The third-order valence-corrected chi connectivity index (χ3v) is 4.81. The normalized spacial score (nSPS) is 11.6. The van der Waals surface area contributed by atoms with Gasteiger partial charge >= 0.3 is 6.18 Å². The van der Waals surface area contributed by atoms with E-state index in [0.29, 0.717) is 28.1 Å². The smallest absolute Gasteiger partial charge is 0.416 e. The predicted molar refractivity (Wildman–Crippen MR) is 101 cm³/mol. The number of hydrogen-bond donors (Lipinski definition) is 1. The molecule has 0 fully saturated rings. The molecule has 0 aliphatic rings. The molecule has 0 radical (unpaired) electrons. The molecule has 1 aromatic carbocycles. The number of nitrogens with one attached hydrogen (secondary N) is 1. The van der Waals surface area contributed by atoms with Crippen LogP contribution < -0.4 is 5.32 Å². The first kappa shape index (κ1) is 18.9. The molecule has 4 aromatic rings. The Morgan fingerprint density at radius 2 is 1.97 bits per heavy atom. The second kappa shape index (κ2) is 7.21. The lowest BCUT2D eigenvalue weighted by Gasteiger charge is -2.09. The summed E-state index contributed by atoms with van der Waals surface area (Å²) in [4.78, 5) is 17.0. The number of halogens is 3. The summed E-state index contributed by atoms with van der Waals surface area (Å²) in [6, 6.07) is 9.18. The van der Waals surface area contributed by atoms with E-state index in [1.165, 1.54) is 16.0 Å². The molecular formula is C19H13F3N4O2S. The van der Waals surface area contributed by atoms with E-state index < -0.39 is 17.6 Å². The van der Waals surface area contributed by atoms with Gasteiger partial charge in [0.25, 0.3) is 5.91 Å². The van der Waals surface area contributed by atoms with Crippen molar-refractivity contribution in [2.45, 2.75) is 13.1 Å². The molecule has 10 heteroatoms. The minimum atomic E-state index is -4.46. The zero-order valence-corrected chi connectivity index (χ0v) is 15.7. The van der Waals surface area contributed by atoms with Crippen LogP contribution in [0.1, 0.15) is 21.6 Å². The molecule has 0 saturated heterocycles. The molecule has 0 spiro atoms. The number of furan rings is 1. The number of rotatable bonds is 4. The molecule has 0 bridgehead atoms. The summed E-state index contributed by atoms with van der Waals surface area (Å²) in [7, 11) is 0. The average Bonchev–Trinajstić information content (AvgIpc) is 3.41. The number of aryl methyl sites for hydroxylation is 1. The summed E-state index contributed by atoms with van der Waals surface area (Å²) in [5, 5.41) is 9.32. The summed E-state index contributed by atoms with van der Waals surface area (Å²) in [5.41, 5.74) is 0.549. The molecule has 0 unspecified atom stereocenters. The van der Waals surface area contributed by atoms with Crippen LogP contribution in [-0.2, 0) is 6.18 Å². The minimum absolute atomic E-state index is 0.0961. The number of anilines is 1. The Bertz CT molecular complexity index is 1150. The molecule has 4 rings (SSSR count). The van der Waals surface area contributed by atoms with Crippen molar-refractivity contribution in [3.8, 4) is 16.6 Å². The fourth-order valence-corrected chi connectivity index (χ4v) is 3.41. The zero-order valence-electron chi connectivity index (χ0n) is 14.9. The van der Waals surface area contributed by atoms with Crippen LogP contribution in [0.25, 0.3) is 16.6 Å². The molecule has 0 atom stereocenters. The molecule has 29 heavy (non-hydrogen) atoms. The van der Waals surface area contributed by atoms with E-state index in [1.807, 2.05) is 0 Å². The second-order valence-electron chi connectivity index (χ2n) is 6.10. The standard InChI is InChI=1S/C19H13F3N4O2S/c1-11-9-16(24-17(27)12-4-6-13(7-5-12)19(20,21)22)26(25-11)18-23-14(10-29-18)15-3-2-8-28-15/h2-10H,1H3,(H,24,27). The number of hydrogen-bond acceptors (Lipinski definition) is 5. The maximum atomic E-state index is 12.7. The lowest BCUT2D eigenvalue weighted by molar-refractivity contribution is -0.137. The quantitative estimate of drug-likeness (QED) is 0.496. The molecule has 0 aliphatic carbocycles. The van der Waals surface area contributed by atoms with Gasteiger partial charge in [-0.2, -0.15) is 23.0 Å². The zero-order chi connectivity index (χ0) is 20.6. The molecule has 148 valence electrons. The largest absolute Gasteiger partial charge is 0.463 e. The second-order valence-corrected chi connectivity index (χ2v) is 6.94. The van der Waals surface area contributed by atoms with Gasteiger partial charge in [-0.15, -0.1) is 11.3 Å². The first-order valence-electron chi connectivity index (χ1n) is 8.36. The van der Waals surface area contributed by atoms with Crippen LogP contribution in [0, 0.1) is 6.92 Å². The first-order valence-corrected chi connectivity index (χ1v) is 9.24. The van der Waals surface area contributed by atoms with Gasteiger partial charge in [0.05, 0.1) is 17.5 Å². The van der Waals surface area contributed by atoms with Gasteiger partial charge in [-0.05, 0) is 43.3 Å². The Labute approximate surface area is 166 Å². The number of carbonyl (C=O) groups excluding carboxylic acids is 1. The van der Waals surface area contributed by atoms with Crippen molar-refractivity contribution >= 4 is 23.1 Å². The van der Waals surface area contributed by atoms with Gasteiger partial charge in [-0.1, -0.05) is 0 Å². The van der Waals surface area contributed by atoms with Crippen molar-refractivity contribution in [2.24, 2.45) is 0 Å². The topological polar surface area (TPSA) is 73.0 Å². The number of alkyl halides is 3. The van der Waals surface area contributed by atoms with E-state index in [2.05, 4.69) is 15.4 Å². The number of thiazole rings is 1. The summed E-state index contributed by atoms with van der Waals surface area (Å²) in [6.07, 6.45) is -2.91. The lowest BCUT2D eigenvalue weighted by Crippen LogP contribution is -2.15. The Morgan fingerprint density at radius 1 is 1.21 bits per heavy atom. The molecule has 3 aromatic heterocycles. The number of carbonyl (C=O) groups is 1. The summed E-state index contributed by atoms with van der Waals surface area (Å²) in [5.74, 6) is 0.405. The van der Waals surface area contributed by atoms with Crippen LogP contribution in [0.4, 0.5) is 19.0 Å². The number of nitrogens with zero attached hydrogens (tertiary/aromatic N) is 3. The van der Waals surface area contributed by atoms with E-state index in [1.54, 1.807) is 36.8 Å². The SMILES string of the molecule is Cc1cc(NC(=O)c2ccc(C(F)(F)F)cc2)n(-c2nc(-c3ccco3)cs2)n1. The van der Waals surface area contributed by atoms with E-state index in [0.717, 1.165) is 24.3 Å². The van der Waals surface area contributed by atoms with Crippen molar-refractivity contribution < 1.29 is 22.4 Å². The third-order valence-electron chi connectivity index (χ3n) is 3.99. The maximum absolute atomic E-state index is 12.7. The molecule has 6 nitrogen and oxygen atoms in total. The fraction of sp³-hybridized carbons (Fsp3) is 0.105. The van der Waals surface area contributed by atoms with Crippen LogP contribution in [0.3, 0.4) is 0 Å². The highest BCUT2D eigenvalue weighted by atomic mass is 32.1. The highest BCUT2D eigenvalue weighted by molar-refractivity contribution is 7.12. The van der Waals surface area contributed by atoms with E-state index in [-0.39, 0.29) is 5.56 Å². The minimum Gasteiger partial charge on any atom is -0.463 e. The highest BCUT2D eigenvalue weighted by Gasteiger charge is 2.30. The molecule has 0 saturated carbocycles. The summed E-state index contributed by atoms with van der Waals surface area (Å²) < 4.78 is 44.9. The van der Waals surface area contributed by atoms with Crippen LogP contribution in [0.15, 0.2) is 58.5 Å². The Morgan fingerprint density at radius 3 is 2.62 bits per heavy atom. The third kappa shape index (κ3) is 3.92. The van der Waals surface area contributed by atoms with Gasteiger partial charge in [0.2, 0.25) is 5.13 Å². The molecule has 0 aliphatic heterocycles. The van der Waals surface area contributed by atoms with Gasteiger partial charge in [-0.25, -0.2) is 4.98 Å². The van der Waals surface area contributed by atoms with Gasteiger partial charge in [0.1, 0.15) is 11.5 Å². The van der Waals surface area contributed by atoms with Crippen molar-refractivity contribution in [3.63, 3.8) is 0 Å². The van der Waals surface area contributed by atoms with Crippen LogP contribution >= 0.6 is 11.3 Å². The first-order chi connectivity index (χ1) is 13.8. The van der Waals surface area contributed by atoms with Gasteiger partial charge in [-0.3, -0.25) is 4.79 Å².